The monoisotopic (exact) mass is 276 g/mol. The molecule has 19 heavy (non-hydrogen) atoms. The van der Waals surface area contributed by atoms with Crippen molar-refractivity contribution in [2.75, 3.05) is 5.32 Å². The standard InChI is InChI=1S/C14H13ClN2O2/c1-9-2-4-10(5-3-9)7-16-13-12(15)6-11(8-17-13)14(18)19/h2-6,8H,7H2,1H3,(H,16,17)(H,18,19). The second-order valence-corrected chi connectivity index (χ2v) is 4.61. The van der Waals surface area contributed by atoms with Crippen molar-refractivity contribution in [1.29, 1.82) is 0 Å². The topological polar surface area (TPSA) is 62.2 Å². The third kappa shape index (κ3) is 3.45. The number of nitrogens with zero attached hydrogens (tertiary/aromatic N) is 1. The van der Waals surface area contributed by atoms with Gasteiger partial charge in [0, 0.05) is 12.7 Å². The van der Waals surface area contributed by atoms with Crippen LogP contribution < -0.4 is 5.32 Å². The van der Waals surface area contributed by atoms with Crippen LogP contribution in [0, 0.1) is 6.92 Å². The Labute approximate surface area is 116 Å². The van der Waals surface area contributed by atoms with Crippen LogP contribution in [0.15, 0.2) is 36.5 Å². The largest absolute Gasteiger partial charge is 0.478 e. The Hall–Kier alpha value is -2.07. The predicted molar refractivity (Wildman–Crippen MR) is 74.7 cm³/mol. The maximum atomic E-state index is 10.8. The molecule has 4 nitrogen and oxygen atoms in total. The number of hydrogen-bond donors (Lipinski definition) is 2. The molecule has 0 radical (unpaired) electrons. The molecule has 0 amide bonds. The Bertz CT molecular complexity index is 597. The van der Waals surface area contributed by atoms with Gasteiger partial charge in [-0.3, -0.25) is 0 Å². The van der Waals surface area contributed by atoms with E-state index in [1.165, 1.54) is 17.8 Å². The number of aromatic carboxylic acids is 1. The zero-order valence-electron chi connectivity index (χ0n) is 10.4. The number of carboxylic acid groups (broad SMARTS) is 1. The summed E-state index contributed by atoms with van der Waals surface area (Å²) in [6.45, 7) is 2.61. The minimum absolute atomic E-state index is 0.0749. The minimum atomic E-state index is -1.04. The van der Waals surface area contributed by atoms with Gasteiger partial charge in [0.15, 0.2) is 0 Å². The van der Waals surface area contributed by atoms with E-state index in [1.807, 2.05) is 31.2 Å². The van der Waals surface area contributed by atoms with Crippen molar-refractivity contribution >= 4 is 23.4 Å². The van der Waals surface area contributed by atoms with E-state index < -0.39 is 5.97 Å². The molecule has 0 aliphatic carbocycles. The first-order valence-corrected chi connectivity index (χ1v) is 6.12. The molecule has 0 bridgehead atoms. The molecule has 0 atom stereocenters. The molecule has 0 spiro atoms. The van der Waals surface area contributed by atoms with Gasteiger partial charge in [-0.1, -0.05) is 41.4 Å². The van der Waals surface area contributed by atoms with Crippen LogP contribution in [0.1, 0.15) is 21.5 Å². The molecule has 0 aliphatic heterocycles. The second kappa shape index (κ2) is 5.71. The van der Waals surface area contributed by atoms with Gasteiger partial charge in [0.25, 0.3) is 0 Å². The Morgan fingerprint density at radius 3 is 2.63 bits per heavy atom. The number of carboxylic acids is 1. The van der Waals surface area contributed by atoms with E-state index >= 15 is 0 Å². The third-order valence-corrected chi connectivity index (χ3v) is 2.96. The molecule has 0 fully saturated rings. The average Bonchev–Trinajstić information content (AvgIpc) is 2.39. The minimum Gasteiger partial charge on any atom is -0.478 e. The number of aromatic nitrogens is 1. The lowest BCUT2D eigenvalue weighted by Crippen LogP contribution is -2.04. The molecular formula is C14H13ClN2O2. The van der Waals surface area contributed by atoms with E-state index in [-0.39, 0.29) is 5.56 Å². The van der Waals surface area contributed by atoms with Crippen LogP contribution in [-0.2, 0) is 6.54 Å². The van der Waals surface area contributed by atoms with Crippen molar-refractivity contribution in [1.82, 2.24) is 4.98 Å². The fraction of sp³-hybridized carbons (Fsp3) is 0.143. The van der Waals surface area contributed by atoms with Gasteiger partial charge in [0.2, 0.25) is 0 Å². The van der Waals surface area contributed by atoms with Crippen LogP contribution in [0.2, 0.25) is 5.02 Å². The SMILES string of the molecule is Cc1ccc(CNc2ncc(C(=O)O)cc2Cl)cc1. The number of pyridine rings is 1. The lowest BCUT2D eigenvalue weighted by atomic mass is 10.1. The summed E-state index contributed by atoms with van der Waals surface area (Å²) in [6, 6.07) is 9.47. The summed E-state index contributed by atoms with van der Waals surface area (Å²) in [7, 11) is 0. The summed E-state index contributed by atoms with van der Waals surface area (Å²) in [4.78, 5) is 14.8. The second-order valence-electron chi connectivity index (χ2n) is 4.20. The van der Waals surface area contributed by atoms with Crippen molar-refractivity contribution in [3.63, 3.8) is 0 Å². The molecule has 2 rings (SSSR count). The van der Waals surface area contributed by atoms with E-state index in [4.69, 9.17) is 16.7 Å². The highest BCUT2D eigenvalue weighted by atomic mass is 35.5. The molecule has 5 heteroatoms. The van der Waals surface area contributed by atoms with Crippen molar-refractivity contribution in [3.05, 3.63) is 58.2 Å². The van der Waals surface area contributed by atoms with E-state index in [9.17, 15) is 4.79 Å². The van der Waals surface area contributed by atoms with E-state index in [0.29, 0.717) is 17.4 Å². The number of benzene rings is 1. The quantitative estimate of drug-likeness (QED) is 0.899. The number of nitrogens with one attached hydrogen (secondary N) is 1. The van der Waals surface area contributed by atoms with E-state index in [2.05, 4.69) is 10.3 Å². The number of aryl methyl sites for hydroxylation is 1. The molecule has 2 N–H and O–H groups in total. The Morgan fingerprint density at radius 2 is 2.05 bits per heavy atom. The number of halogens is 1. The van der Waals surface area contributed by atoms with Crippen molar-refractivity contribution in [3.8, 4) is 0 Å². The molecular weight excluding hydrogens is 264 g/mol. The van der Waals surface area contributed by atoms with Gasteiger partial charge in [-0.25, -0.2) is 9.78 Å². The van der Waals surface area contributed by atoms with Crippen LogP contribution in [0.5, 0.6) is 0 Å². The fourth-order valence-electron chi connectivity index (χ4n) is 1.58. The van der Waals surface area contributed by atoms with Gasteiger partial charge in [-0.15, -0.1) is 0 Å². The molecule has 0 unspecified atom stereocenters. The molecule has 0 aliphatic rings. The van der Waals surface area contributed by atoms with E-state index in [1.54, 1.807) is 0 Å². The zero-order chi connectivity index (χ0) is 13.8. The summed E-state index contributed by atoms with van der Waals surface area (Å²) >= 11 is 5.98. The smallest absolute Gasteiger partial charge is 0.337 e. The van der Waals surface area contributed by atoms with Crippen LogP contribution in [0.3, 0.4) is 0 Å². The van der Waals surface area contributed by atoms with Gasteiger partial charge in [0.1, 0.15) is 5.82 Å². The molecule has 0 saturated carbocycles. The number of hydrogen-bond acceptors (Lipinski definition) is 3. The van der Waals surface area contributed by atoms with Crippen LogP contribution in [-0.4, -0.2) is 16.1 Å². The summed E-state index contributed by atoms with van der Waals surface area (Å²) in [5.41, 5.74) is 2.38. The summed E-state index contributed by atoms with van der Waals surface area (Å²) in [6.07, 6.45) is 1.28. The Kier molecular flexibility index (Phi) is 4.02. The normalized spacial score (nSPS) is 10.2. The summed E-state index contributed by atoms with van der Waals surface area (Å²) in [5, 5.41) is 12.2. The number of anilines is 1. The average molecular weight is 277 g/mol. The van der Waals surface area contributed by atoms with Crippen LogP contribution in [0.25, 0.3) is 0 Å². The van der Waals surface area contributed by atoms with Crippen molar-refractivity contribution in [2.24, 2.45) is 0 Å². The lowest BCUT2D eigenvalue weighted by molar-refractivity contribution is 0.0696. The highest BCUT2D eigenvalue weighted by Crippen LogP contribution is 2.20. The molecule has 1 aromatic carbocycles. The summed E-state index contributed by atoms with van der Waals surface area (Å²) < 4.78 is 0. The van der Waals surface area contributed by atoms with Crippen LogP contribution >= 0.6 is 11.6 Å². The first kappa shape index (κ1) is 13.4. The predicted octanol–water partition coefficient (Wildman–Crippen LogP) is 3.35. The molecule has 1 aromatic heterocycles. The zero-order valence-corrected chi connectivity index (χ0v) is 11.1. The highest BCUT2D eigenvalue weighted by molar-refractivity contribution is 6.33. The Balaban J connectivity index is 2.07. The maximum absolute atomic E-state index is 10.8. The molecule has 1 heterocycles. The first-order valence-electron chi connectivity index (χ1n) is 5.74. The maximum Gasteiger partial charge on any atom is 0.337 e. The van der Waals surface area contributed by atoms with Gasteiger partial charge in [-0.2, -0.15) is 0 Å². The van der Waals surface area contributed by atoms with E-state index in [0.717, 1.165) is 5.56 Å². The first-order chi connectivity index (χ1) is 9.06. The molecule has 2 aromatic rings. The van der Waals surface area contributed by atoms with Gasteiger partial charge < -0.3 is 10.4 Å². The third-order valence-electron chi connectivity index (χ3n) is 2.67. The Morgan fingerprint density at radius 1 is 1.37 bits per heavy atom. The highest BCUT2D eigenvalue weighted by Gasteiger charge is 2.08. The number of rotatable bonds is 4. The van der Waals surface area contributed by atoms with Crippen molar-refractivity contribution < 1.29 is 9.90 Å². The fourth-order valence-corrected chi connectivity index (χ4v) is 1.81. The van der Waals surface area contributed by atoms with Gasteiger partial charge in [-0.05, 0) is 18.6 Å². The van der Waals surface area contributed by atoms with Crippen molar-refractivity contribution in [2.45, 2.75) is 13.5 Å². The van der Waals surface area contributed by atoms with Gasteiger partial charge in [0.05, 0.1) is 10.6 Å². The van der Waals surface area contributed by atoms with Gasteiger partial charge >= 0.3 is 5.97 Å². The number of carbonyl (C=O) groups is 1. The van der Waals surface area contributed by atoms with Crippen LogP contribution in [0.4, 0.5) is 5.82 Å². The molecule has 0 saturated heterocycles. The summed E-state index contributed by atoms with van der Waals surface area (Å²) in [5.74, 6) is -0.563. The molecule has 98 valence electrons. The lowest BCUT2D eigenvalue weighted by Gasteiger charge is -2.08.